The number of benzene rings is 1. The van der Waals surface area contributed by atoms with E-state index >= 15 is 0 Å². The van der Waals surface area contributed by atoms with E-state index < -0.39 is 24.5 Å². The lowest BCUT2D eigenvalue weighted by molar-refractivity contribution is -0.135. The Morgan fingerprint density at radius 1 is 1.33 bits per heavy atom. The normalized spacial score (nSPS) is 13.7. The van der Waals surface area contributed by atoms with Crippen molar-refractivity contribution in [2.45, 2.75) is 31.5 Å². The van der Waals surface area contributed by atoms with Gasteiger partial charge in [-0.2, -0.15) is 13.2 Å². The molecule has 0 heterocycles. The van der Waals surface area contributed by atoms with E-state index in [1.807, 2.05) is 0 Å². The Morgan fingerprint density at radius 3 is 2.50 bits per heavy atom. The second-order valence-electron chi connectivity index (χ2n) is 3.90. The lowest BCUT2D eigenvalue weighted by atomic mass is 10.0. The molecule has 0 aromatic heterocycles. The van der Waals surface area contributed by atoms with Gasteiger partial charge in [-0.25, -0.2) is 4.39 Å². The largest absolute Gasteiger partial charge is 0.389 e. The van der Waals surface area contributed by atoms with Crippen molar-refractivity contribution in [3.8, 4) is 0 Å². The zero-order valence-electron chi connectivity index (χ0n) is 9.40. The summed E-state index contributed by atoms with van der Waals surface area (Å²) in [5.74, 6) is 4.81. The fraction of sp³-hybridized carbons (Fsp3) is 0.455. The van der Waals surface area contributed by atoms with Gasteiger partial charge in [0.15, 0.2) is 0 Å². The van der Waals surface area contributed by atoms with Crippen LogP contribution < -0.4 is 11.3 Å². The van der Waals surface area contributed by atoms with Crippen LogP contribution in [-0.2, 0) is 0 Å². The summed E-state index contributed by atoms with van der Waals surface area (Å²) in [5.41, 5.74) is 2.93. The van der Waals surface area contributed by atoms with Gasteiger partial charge in [0, 0.05) is 12.5 Å². The summed E-state index contributed by atoms with van der Waals surface area (Å²) in [6.07, 6.45) is -4.92. The number of hydrogen-bond acceptors (Lipinski definition) is 2. The maximum atomic E-state index is 13.3. The van der Waals surface area contributed by atoms with Gasteiger partial charge < -0.3 is 0 Å². The van der Waals surface area contributed by atoms with Crippen molar-refractivity contribution in [2.75, 3.05) is 0 Å². The molecule has 0 aliphatic rings. The number of hydrazine groups is 1. The third kappa shape index (κ3) is 4.91. The van der Waals surface area contributed by atoms with Gasteiger partial charge in [-0.05, 0) is 46.5 Å². The van der Waals surface area contributed by atoms with E-state index in [1.54, 1.807) is 6.07 Å². The maximum absolute atomic E-state index is 13.3. The molecule has 1 unspecified atom stereocenters. The fourth-order valence-electron chi connectivity index (χ4n) is 1.58. The standard InChI is InChI=1S/C11H13BrF4N2/c12-8-4-3-7(6-9(8)13)10(18-17)2-1-5-11(14,15)16/h3-4,6,10,18H,1-2,5,17H2. The Bertz CT molecular complexity index is 395. The molecule has 102 valence electrons. The Hall–Kier alpha value is -0.660. The van der Waals surface area contributed by atoms with Crippen LogP contribution in [0, 0.1) is 5.82 Å². The average molecular weight is 329 g/mol. The molecule has 0 saturated carbocycles. The molecule has 0 aliphatic carbocycles. The van der Waals surface area contributed by atoms with E-state index in [4.69, 9.17) is 5.84 Å². The van der Waals surface area contributed by atoms with Gasteiger partial charge in [0.05, 0.1) is 4.47 Å². The summed E-state index contributed by atoms with van der Waals surface area (Å²) in [7, 11) is 0. The van der Waals surface area contributed by atoms with Crippen LogP contribution in [0.15, 0.2) is 22.7 Å². The highest BCUT2D eigenvalue weighted by Gasteiger charge is 2.26. The topological polar surface area (TPSA) is 38.0 Å². The van der Waals surface area contributed by atoms with E-state index in [9.17, 15) is 17.6 Å². The van der Waals surface area contributed by atoms with E-state index in [1.165, 1.54) is 12.1 Å². The third-order valence-corrected chi connectivity index (χ3v) is 3.14. The molecule has 0 spiro atoms. The van der Waals surface area contributed by atoms with Crippen molar-refractivity contribution in [1.29, 1.82) is 0 Å². The number of halogens is 5. The smallest absolute Gasteiger partial charge is 0.271 e. The second-order valence-corrected chi connectivity index (χ2v) is 4.75. The van der Waals surface area contributed by atoms with Gasteiger partial charge >= 0.3 is 6.18 Å². The predicted octanol–water partition coefficient (Wildman–Crippen LogP) is 3.83. The highest BCUT2D eigenvalue weighted by Crippen LogP contribution is 2.27. The summed E-state index contributed by atoms with van der Waals surface area (Å²) < 4.78 is 49.6. The first-order valence-electron chi connectivity index (χ1n) is 5.31. The van der Waals surface area contributed by atoms with Crippen LogP contribution in [0.5, 0.6) is 0 Å². The number of alkyl halides is 3. The van der Waals surface area contributed by atoms with Crippen LogP contribution in [-0.4, -0.2) is 6.18 Å². The molecule has 0 radical (unpaired) electrons. The highest BCUT2D eigenvalue weighted by atomic mass is 79.9. The van der Waals surface area contributed by atoms with Crippen molar-refractivity contribution in [3.05, 3.63) is 34.1 Å². The molecule has 1 aromatic carbocycles. The van der Waals surface area contributed by atoms with Crippen LogP contribution >= 0.6 is 15.9 Å². The minimum Gasteiger partial charge on any atom is -0.271 e. The molecular weight excluding hydrogens is 316 g/mol. The van der Waals surface area contributed by atoms with E-state index in [0.29, 0.717) is 10.0 Å². The van der Waals surface area contributed by atoms with Gasteiger partial charge in [0.1, 0.15) is 5.82 Å². The molecule has 2 nitrogen and oxygen atoms in total. The molecule has 3 N–H and O–H groups in total. The van der Waals surface area contributed by atoms with Crippen LogP contribution in [0.3, 0.4) is 0 Å². The Balaban J connectivity index is 2.63. The predicted molar refractivity (Wildman–Crippen MR) is 64.1 cm³/mol. The minimum atomic E-state index is -4.18. The van der Waals surface area contributed by atoms with Gasteiger partial charge in [-0.3, -0.25) is 11.3 Å². The molecule has 0 aliphatic heterocycles. The van der Waals surface area contributed by atoms with E-state index in [0.717, 1.165) is 0 Å². The number of rotatable bonds is 5. The molecule has 18 heavy (non-hydrogen) atoms. The molecular formula is C11H13BrF4N2. The second kappa shape index (κ2) is 6.49. The number of nitrogens with two attached hydrogens (primary N) is 1. The van der Waals surface area contributed by atoms with Crippen LogP contribution in [0.1, 0.15) is 30.9 Å². The fourth-order valence-corrected chi connectivity index (χ4v) is 1.83. The third-order valence-electron chi connectivity index (χ3n) is 2.50. The number of hydrogen-bond donors (Lipinski definition) is 2. The Morgan fingerprint density at radius 2 is 2.00 bits per heavy atom. The summed E-state index contributed by atoms with van der Waals surface area (Å²) in [4.78, 5) is 0. The average Bonchev–Trinajstić information content (AvgIpc) is 2.27. The van der Waals surface area contributed by atoms with Crippen LogP contribution in [0.2, 0.25) is 0 Å². The van der Waals surface area contributed by atoms with Gasteiger partial charge in [-0.15, -0.1) is 0 Å². The maximum Gasteiger partial charge on any atom is 0.389 e. The SMILES string of the molecule is NNC(CCCC(F)(F)F)c1ccc(Br)c(F)c1. The molecule has 0 fully saturated rings. The van der Waals surface area contributed by atoms with Crippen molar-refractivity contribution < 1.29 is 17.6 Å². The van der Waals surface area contributed by atoms with Gasteiger partial charge in [-0.1, -0.05) is 6.07 Å². The summed E-state index contributed by atoms with van der Waals surface area (Å²) in [6.45, 7) is 0. The summed E-state index contributed by atoms with van der Waals surface area (Å²) >= 11 is 3.00. The highest BCUT2D eigenvalue weighted by molar-refractivity contribution is 9.10. The van der Waals surface area contributed by atoms with E-state index in [-0.39, 0.29) is 12.8 Å². The lowest BCUT2D eigenvalue weighted by Gasteiger charge is -2.17. The molecule has 1 aromatic rings. The van der Waals surface area contributed by atoms with Crippen molar-refractivity contribution in [3.63, 3.8) is 0 Å². The molecule has 7 heteroatoms. The van der Waals surface area contributed by atoms with Gasteiger partial charge in [0.25, 0.3) is 0 Å². The minimum absolute atomic E-state index is 0.0595. The zero-order valence-corrected chi connectivity index (χ0v) is 11.0. The van der Waals surface area contributed by atoms with Crippen molar-refractivity contribution >= 4 is 15.9 Å². The Labute approximate surface area is 111 Å². The Kier molecular flexibility index (Phi) is 5.55. The number of nitrogens with one attached hydrogen (secondary N) is 1. The molecule has 1 atom stereocenters. The first kappa shape index (κ1) is 15.4. The van der Waals surface area contributed by atoms with E-state index in [2.05, 4.69) is 21.4 Å². The van der Waals surface area contributed by atoms with Crippen molar-refractivity contribution in [2.24, 2.45) is 5.84 Å². The monoisotopic (exact) mass is 328 g/mol. The van der Waals surface area contributed by atoms with Gasteiger partial charge in [0.2, 0.25) is 0 Å². The van der Waals surface area contributed by atoms with Crippen LogP contribution in [0.25, 0.3) is 0 Å². The quantitative estimate of drug-likeness (QED) is 0.490. The molecule has 0 bridgehead atoms. The summed E-state index contributed by atoms with van der Waals surface area (Å²) in [6, 6.07) is 3.88. The lowest BCUT2D eigenvalue weighted by Crippen LogP contribution is -2.28. The molecule has 0 saturated heterocycles. The summed E-state index contributed by atoms with van der Waals surface area (Å²) in [5, 5.41) is 0. The first-order valence-corrected chi connectivity index (χ1v) is 6.10. The first-order chi connectivity index (χ1) is 8.33. The zero-order chi connectivity index (χ0) is 13.8. The van der Waals surface area contributed by atoms with Crippen molar-refractivity contribution in [1.82, 2.24) is 5.43 Å². The molecule has 0 amide bonds. The van der Waals surface area contributed by atoms with Crippen LogP contribution in [0.4, 0.5) is 17.6 Å². The molecule has 1 rings (SSSR count).